The molecular weight excluding hydrogens is 350 g/mol. The molecule has 0 spiro atoms. The average molecular weight is 373 g/mol. The van der Waals surface area contributed by atoms with Crippen LogP contribution in [0, 0.1) is 0 Å². The Morgan fingerprint density at radius 3 is 2.96 bits per heavy atom. The van der Waals surface area contributed by atoms with E-state index in [0.29, 0.717) is 19.7 Å². The summed E-state index contributed by atoms with van der Waals surface area (Å²) in [5.74, 6) is 0.814. The van der Waals surface area contributed by atoms with Crippen molar-refractivity contribution in [1.29, 1.82) is 0 Å². The van der Waals surface area contributed by atoms with E-state index in [2.05, 4.69) is 14.9 Å². The van der Waals surface area contributed by atoms with E-state index < -0.39 is 0 Å². The number of aromatic nitrogens is 3. The first-order valence-electron chi connectivity index (χ1n) is 9.17. The molecule has 26 heavy (non-hydrogen) atoms. The lowest BCUT2D eigenvalue weighted by atomic mass is 10.2. The zero-order chi connectivity index (χ0) is 17.9. The number of aryl methyl sites for hydroxylation is 1. The van der Waals surface area contributed by atoms with Gasteiger partial charge in [-0.3, -0.25) is 4.79 Å². The van der Waals surface area contributed by atoms with E-state index in [9.17, 15) is 4.79 Å². The number of anilines is 1. The molecule has 1 atom stereocenters. The van der Waals surface area contributed by atoms with Gasteiger partial charge in [-0.25, -0.2) is 15.0 Å². The van der Waals surface area contributed by atoms with Crippen molar-refractivity contribution in [1.82, 2.24) is 19.9 Å². The van der Waals surface area contributed by atoms with Crippen molar-refractivity contribution in [2.24, 2.45) is 0 Å². The van der Waals surface area contributed by atoms with Crippen molar-refractivity contribution in [2.75, 3.05) is 37.7 Å². The Morgan fingerprint density at radius 1 is 1.31 bits per heavy atom. The predicted molar refractivity (Wildman–Crippen MR) is 99.6 cm³/mol. The van der Waals surface area contributed by atoms with E-state index in [0.717, 1.165) is 41.7 Å². The Kier molecular flexibility index (Phi) is 5.12. The fourth-order valence-electron chi connectivity index (χ4n) is 3.46. The van der Waals surface area contributed by atoms with E-state index in [1.165, 1.54) is 24.2 Å². The lowest BCUT2D eigenvalue weighted by Crippen LogP contribution is -2.42. The van der Waals surface area contributed by atoms with E-state index in [1.54, 1.807) is 11.7 Å². The van der Waals surface area contributed by atoms with Crippen LogP contribution in [-0.4, -0.2) is 58.5 Å². The second-order valence-corrected chi connectivity index (χ2v) is 7.42. The number of amides is 1. The molecule has 2 aliphatic rings. The van der Waals surface area contributed by atoms with Gasteiger partial charge in [-0.05, 0) is 25.3 Å². The average Bonchev–Trinajstić information content (AvgIpc) is 3.39. The number of hydrogen-bond donors (Lipinski definition) is 0. The van der Waals surface area contributed by atoms with E-state index in [-0.39, 0.29) is 12.0 Å². The number of carbonyl (C=O) groups excluding carboxylic acids is 1. The largest absolute Gasteiger partial charge is 0.368 e. The lowest BCUT2D eigenvalue weighted by Gasteiger charge is -2.32. The van der Waals surface area contributed by atoms with Crippen LogP contribution in [0.1, 0.15) is 46.9 Å². The Labute approximate surface area is 157 Å². The third-order valence-corrected chi connectivity index (χ3v) is 5.76. The van der Waals surface area contributed by atoms with Gasteiger partial charge in [0.15, 0.2) is 0 Å². The number of ether oxygens (including phenoxy) is 1. The Hall–Kier alpha value is -2.06. The summed E-state index contributed by atoms with van der Waals surface area (Å²) >= 11 is 1.42. The number of rotatable bonds is 4. The normalized spacial score (nSPS) is 20.6. The zero-order valence-corrected chi connectivity index (χ0v) is 15.7. The quantitative estimate of drug-likeness (QED) is 0.819. The third-order valence-electron chi connectivity index (χ3n) is 4.91. The van der Waals surface area contributed by atoms with Crippen LogP contribution < -0.4 is 4.90 Å². The van der Waals surface area contributed by atoms with Crippen LogP contribution in [0.25, 0.3) is 0 Å². The van der Waals surface area contributed by atoms with Gasteiger partial charge in [0.25, 0.3) is 5.91 Å². The number of thiazole rings is 1. The van der Waals surface area contributed by atoms with Crippen LogP contribution in [-0.2, 0) is 11.2 Å². The molecular formula is C18H23N5O2S. The lowest BCUT2D eigenvalue weighted by molar-refractivity contribution is -0.0246. The first-order valence-corrected chi connectivity index (χ1v) is 10.1. The number of hydrogen-bond acceptors (Lipinski definition) is 7. The Bertz CT molecular complexity index is 774. The number of morpholine rings is 1. The second kappa shape index (κ2) is 7.67. The summed E-state index contributed by atoms with van der Waals surface area (Å²) in [6, 6.07) is 1.89. The smallest absolute Gasteiger partial charge is 0.266 e. The SMILES string of the molecule is CCc1ncsc1C(=O)N1CCO[C@H](c2ccnc(N3CCCC3)n2)C1. The molecule has 2 aromatic rings. The van der Waals surface area contributed by atoms with Gasteiger partial charge in [0, 0.05) is 25.8 Å². The van der Waals surface area contributed by atoms with E-state index >= 15 is 0 Å². The standard InChI is InChI=1S/C18H23N5O2S/c1-2-13-16(26-12-20-13)17(24)23-9-10-25-15(11-23)14-5-6-19-18(21-14)22-7-3-4-8-22/h5-6,12,15H,2-4,7-11H2,1H3/t15-/m0/s1. The molecule has 4 rings (SSSR count). The van der Waals surface area contributed by atoms with Gasteiger partial charge in [0.2, 0.25) is 5.95 Å². The Balaban J connectivity index is 1.50. The van der Waals surface area contributed by atoms with Gasteiger partial charge in [-0.1, -0.05) is 6.92 Å². The van der Waals surface area contributed by atoms with Crippen LogP contribution >= 0.6 is 11.3 Å². The molecule has 0 N–H and O–H groups in total. The fraction of sp³-hybridized carbons (Fsp3) is 0.556. The first kappa shape index (κ1) is 17.4. The molecule has 2 aromatic heterocycles. The second-order valence-electron chi connectivity index (χ2n) is 6.57. The van der Waals surface area contributed by atoms with Crippen molar-refractivity contribution < 1.29 is 9.53 Å². The maximum absolute atomic E-state index is 12.9. The van der Waals surface area contributed by atoms with Crippen molar-refractivity contribution in [3.05, 3.63) is 34.0 Å². The van der Waals surface area contributed by atoms with Gasteiger partial charge in [-0.2, -0.15) is 0 Å². The summed E-state index contributed by atoms with van der Waals surface area (Å²) < 4.78 is 5.92. The molecule has 0 saturated carbocycles. The maximum atomic E-state index is 12.9. The van der Waals surface area contributed by atoms with Crippen LogP contribution in [0.5, 0.6) is 0 Å². The van der Waals surface area contributed by atoms with Gasteiger partial charge < -0.3 is 14.5 Å². The number of nitrogens with zero attached hydrogens (tertiary/aromatic N) is 5. The molecule has 0 bridgehead atoms. The monoisotopic (exact) mass is 373 g/mol. The molecule has 0 aromatic carbocycles. The highest BCUT2D eigenvalue weighted by Crippen LogP contribution is 2.25. The minimum atomic E-state index is -0.213. The first-order chi connectivity index (χ1) is 12.8. The summed E-state index contributed by atoms with van der Waals surface area (Å²) in [6.45, 7) is 5.65. The molecule has 0 radical (unpaired) electrons. The molecule has 8 heteroatoms. The molecule has 2 aliphatic heterocycles. The van der Waals surface area contributed by atoms with Gasteiger partial charge in [0.1, 0.15) is 11.0 Å². The minimum absolute atomic E-state index is 0.0477. The fourth-order valence-corrected chi connectivity index (χ4v) is 4.31. The van der Waals surface area contributed by atoms with E-state index in [4.69, 9.17) is 9.72 Å². The highest BCUT2D eigenvalue weighted by Gasteiger charge is 2.29. The summed E-state index contributed by atoms with van der Waals surface area (Å²) in [7, 11) is 0. The van der Waals surface area contributed by atoms with Crippen LogP contribution in [0.3, 0.4) is 0 Å². The third kappa shape index (κ3) is 3.43. The van der Waals surface area contributed by atoms with Gasteiger partial charge in [0.05, 0.1) is 30.1 Å². The molecule has 7 nitrogen and oxygen atoms in total. The summed E-state index contributed by atoms with van der Waals surface area (Å²) in [5.41, 5.74) is 3.47. The number of carbonyl (C=O) groups is 1. The molecule has 0 unspecified atom stereocenters. The summed E-state index contributed by atoms with van der Waals surface area (Å²) in [6.07, 6.45) is 4.71. The van der Waals surface area contributed by atoms with Gasteiger partial charge >= 0.3 is 0 Å². The van der Waals surface area contributed by atoms with Crippen LogP contribution in [0.4, 0.5) is 5.95 Å². The van der Waals surface area contributed by atoms with Crippen LogP contribution in [0.2, 0.25) is 0 Å². The highest BCUT2D eigenvalue weighted by atomic mass is 32.1. The molecule has 0 aliphatic carbocycles. The zero-order valence-electron chi connectivity index (χ0n) is 14.9. The highest BCUT2D eigenvalue weighted by molar-refractivity contribution is 7.11. The van der Waals surface area contributed by atoms with Crippen molar-refractivity contribution >= 4 is 23.2 Å². The molecule has 2 fully saturated rings. The predicted octanol–water partition coefficient (Wildman–Crippen LogP) is 2.31. The van der Waals surface area contributed by atoms with Crippen molar-refractivity contribution in [2.45, 2.75) is 32.3 Å². The molecule has 138 valence electrons. The minimum Gasteiger partial charge on any atom is -0.368 e. The van der Waals surface area contributed by atoms with Gasteiger partial charge in [-0.15, -0.1) is 11.3 Å². The molecule has 4 heterocycles. The summed E-state index contributed by atoms with van der Waals surface area (Å²) in [4.78, 5) is 31.1. The van der Waals surface area contributed by atoms with Crippen LogP contribution in [0.15, 0.2) is 17.8 Å². The summed E-state index contributed by atoms with van der Waals surface area (Å²) in [5, 5.41) is 0. The Morgan fingerprint density at radius 2 is 2.15 bits per heavy atom. The van der Waals surface area contributed by atoms with Crippen molar-refractivity contribution in [3.8, 4) is 0 Å². The van der Waals surface area contributed by atoms with E-state index in [1.807, 2.05) is 17.9 Å². The topological polar surface area (TPSA) is 71.5 Å². The maximum Gasteiger partial charge on any atom is 0.266 e. The molecule has 2 saturated heterocycles. The molecule has 1 amide bonds. The van der Waals surface area contributed by atoms with Crippen molar-refractivity contribution in [3.63, 3.8) is 0 Å².